The Morgan fingerprint density at radius 2 is 1.90 bits per heavy atom. The van der Waals surface area contributed by atoms with Crippen LogP contribution in [0.3, 0.4) is 0 Å². The number of thioether (sulfide) groups is 1. The second-order valence-corrected chi connectivity index (χ2v) is 8.08. The Bertz CT molecular complexity index is 405. The molecule has 1 saturated carbocycles. The fourth-order valence-electron chi connectivity index (χ4n) is 3.33. The van der Waals surface area contributed by atoms with E-state index in [9.17, 15) is 9.59 Å². The van der Waals surface area contributed by atoms with E-state index in [2.05, 4.69) is 11.6 Å². The van der Waals surface area contributed by atoms with Crippen LogP contribution in [-0.2, 0) is 9.59 Å². The third kappa shape index (κ3) is 2.69. The fourth-order valence-corrected chi connectivity index (χ4v) is 4.31. The minimum atomic E-state index is -0.408. The first-order valence-electron chi connectivity index (χ1n) is 7.42. The lowest BCUT2D eigenvalue weighted by molar-refractivity contribution is -0.154. The molecular weight excluding hydrogens is 272 g/mol. The molecule has 114 valence electrons. The molecule has 1 N–H and O–H groups in total. The van der Waals surface area contributed by atoms with Crippen LogP contribution < -0.4 is 5.32 Å². The molecule has 4 unspecified atom stereocenters. The highest BCUT2D eigenvalue weighted by atomic mass is 32.2. The Morgan fingerprint density at radius 1 is 1.25 bits per heavy atom. The van der Waals surface area contributed by atoms with Crippen molar-refractivity contribution in [2.75, 3.05) is 6.26 Å². The first-order valence-corrected chi connectivity index (χ1v) is 8.71. The molecule has 0 aromatic carbocycles. The summed E-state index contributed by atoms with van der Waals surface area (Å²) in [6.07, 6.45) is 5.41. The first kappa shape index (κ1) is 15.7. The van der Waals surface area contributed by atoms with Crippen LogP contribution in [0.15, 0.2) is 0 Å². The van der Waals surface area contributed by atoms with Crippen molar-refractivity contribution in [2.45, 2.75) is 70.3 Å². The predicted octanol–water partition coefficient (Wildman–Crippen LogP) is 2.03. The van der Waals surface area contributed by atoms with Crippen LogP contribution in [0, 0.1) is 5.41 Å². The summed E-state index contributed by atoms with van der Waals surface area (Å²) in [6, 6.07) is -0.545. The first-order chi connectivity index (χ1) is 9.27. The monoisotopic (exact) mass is 298 g/mol. The Kier molecular flexibility index (Phi) is 4.38. The number of nitrogens with zero attached hydrogens (tertiary/aromatic N) is 1. The Morgan fingerprint density at radius 3 is 2.45 bits per heavy atom. The van der Waals surface area contributed by atoms with Crippen molar-refractivity contribution < 1.29 is 9.59 Å². The van der Waals surface area contributed by atoms with E-state index in [0.29, 0.717) is 5.25 Å². The van der Waals surface area contributed by atoms with Gasteiger partial charge in [0.1, 0.15) is 12.1 Å². The molecule has 20 heavy (non-hydrogen) atoms. The van der Waals surface area contributed by atoms with Gasteiger partial charge in [-0.05, 0) is 31.4 Å². The molecule has 1 aliphatic heterocycles. The van der Waals surface area contributed by atoms with Gasteiger partial charge >= 0.3 is 0 Å². The van der Waals surface area contributed by atoms with E-state index >= 15 is 0 Å². The summed E-state index contributed by atoms with van der Waals surface area (Å²) in [5, 5.41) is 3.37. The van der Waals surface area contributed by atoms with Gasteiger partial charge in [-0.25, -0.2) is 0 Å². The van der Waals surface area contributed by atoms with Crippen LogP contribution in [0.1, 0.15) is 47.0 Å². The average Bonchev–Trinajstić information content (AvgIpc) is 2.81. The molecule has 2 rings (SSSR count). The Balaban J connectivity index is 2.29. The summed E-state index contributed by atoms with van der Waals surface area (Å²) in [6.45, 7) is 7.86. The maximum absolute atomic E-state index is 12.9. The summed E-state index contributed by atoms with van der Waals surface area (Å²) >= 11 is 1.82. The molecule has 4 nitrogen and oxygen atoms in total. The van der Waals surface area contributed by atoms with Crippen LogP contribution in [-0.4, -0.2) is 46.3 Å². The molecule has 0 bridgehead atoms. The predicted molar refractivity (Wildman–Crippen MR) is 82.6 cm³/mol. The van der Waals surface area contributed by atoms with Gasteiger partial charge in [-0.3, -0.25) is 9.59 Å². The molecular formula is C15H26N2O2S. The second kappa shape index (κ2) is 5.58. The van der Waals surface area contributed by atoms with Gasteiger partial charge in [-0.2, -0.15) is 11.8 Å². The van der Waals surface area contributed by atoms with Crippen molar-refractivity contribution in [3.05, 3.63) is 0 Å². The minimum Gasteiger partial charge on any atom is -0.342 e. The molecule has 2 fully saturated rings. The Hall–Kier alpha value is -0.710. The van der Waals surface area contributed by atoms with Gasteiger partial charge in [0.15, 0.2) is 0 Å². The van der Waals surface area contributed by atoms with E-state index in [1.54, 1.807) is 0 Å². The van der Waals surface area contributed by atoms with Gasteiger partial charge in [0.2, 0.25) is 11.8 Å². The van der Waals surface area contributed by atoms with Gasteiger partial charge in [0.25, 0.3) is 0 Å². The van der Waals surface area contributed by atoms with Gasteiger partial charge < -0.3 is 10.2 Å². The summed E-state index contributed by atoms with van der Waals surface area (Å²) in [5.41, 5.74) is -0.251. The number of hydrogen-bond acceptors (Lipinski definition) is 3. The van der Waals surface area contributed by atoms with E-state index in [0.717, 1.165) is 19.3 Å². The molecule has 0 aromatic heterocycles. The molecule has 5 heteroatoms. The highest BCUT2D eigenvalue weighted by molar-refractivity contribution is 7.99. The van der Waals surface area contributed by atoms with Crippen LogP contribution in [0.2, 0.25) is 0 Å². The number of amides is 2. The lowest BCUT2D eigenvalue weighted by atomic mass is 9.83. The lowest BCUT2D eigenvalue weighted by Crippen LogP contribution is -2.68. The molecule has 1 saturated heterocycles. The van der Waals surface area contributed by atoms with Crippen LogP contribution in [0.5, 0.6) is 0 Å². The number of carbonyl (C=O) groups excluding carboxylic acids is 2. The third-order valence-electron chi connectivity index (χ3n) is 4.53. The molecule has 2 aliphatic rings. The number of hydrogen-bond donors (Lipinski definition) is 1. The van der Waals surface area contributed by atoms with Crippen molar-refractivity contribution in [2.24, 2.45) is 5.41 Å². The molecule has 0 aromatic rings. The summed E-state index contributed by atoms with van der Waals surface area (Å²) in [4.78, 5) is 27.0. The van der Waals surface area contributed by atoms with Crippen molar-refractivity contribution in [1.29, 1.82) is 0 Å². The summed E-state index contributed by atoms with van der Waals surface area (Å²) < 4.78 is 0. The van der Waals surface area contributed by atoms with E-state index in [1.807, 2.05) is 44.4 Å². The number of carbonyl (C=O) groups is 2. The quantitative estimate of drug-likeness (QED) is 0.848. The third-order valence-corrected chi connectivity index (χ3v) is 5.68. The van der Waals surface area contributed by atoms with Crippen molar-refractivity contribution in [1.82, 2.24) is 10.2 Å². The van der Waals surface area contributed by atoms with E-state index in [1.165, 1.54) is 0 Å². The van der Waals surface area contributed by atoms with Crippen LogP contribution in [0.4, 0.5) is 0 Å². The number of nitrogens with one attached hydrogen (secondary N) is 1. The molecule has 1 heterocycles. The highest BCUT2D eigenvalue weighted by Crippen LogP contribution is 2.36. The van der Waals surface area contributed by atoms with E-state index < -0.39 is 6.04 Å². The standard InChI is InChI=1S/C15H26N2O2S/c1-9-13(18)16-12(15(2,3)4)14(19)17(9)10-7-6-8-11(10)20-5/h9-12H,6-8H2,1-5H3,(H,16,18). The smallest absolute Gasteiger partial charge is 0.246 e. The SMILES string of the molecule is CSC1CCCC1N1C(=O)C(C(C)(C)C)NC(=O)C1C. The number of piperazine rings is 1. The molecule has 4 atom stereocenters. The van der Waals surface area contributed by atoms with Crippen molar-refractivity contribution in [3.8, 4) is 0 Å². The molecule has 0 spiro atoms. The lowest BCUT2D eigenvalue weighted by Gasteiger charge is -2.46. The molecule has 0 radical (unpaired) electrons. The van der Waals surface area contributed by atoms with Gasteiger partial charge in [0, 0.05) is 11.3 Å². The minimum absolute atomic E-state index is 0.0173. The van der Waals surface area contributed by atoms with E-state index in [-0.39, 0.29) is 29.3 Å². The largest absolute Gasteiger partial charge is 0.342 e. The second-order valence-electron chi connectivity index (χ2n) is 7.00. The zero-order valence-corrected chi connectivity index (χ0v) is 13.9. The zero-order valence-electron chi connectivity index (χ0n) is 13.1. The highest BCUT2D eigenvalue weighted by Gasteiger charge is 2.48. The summed E-state index contributed by atoms with van der Waals surface area (Å²) in [5.74, 6) is 0.0758. The molecule has 1 aliphatic carbocycles. The van der Waals surface area contributed by atoms with E-state index in [4.69, 9.17) is 0 Å². The maximum Gasteiger partial charge on any atom is 0.246 e. The van der Waals surface area contributed by atoms with Gasteiger partial charge in [-0.1, -0.05) is 27.2 Å². The number of rotatable bonds is 2. The average molecular weight is 298 g/mol. The fraction of sp³-hybridized carbons (Fsp3) is 0.867. The van der Waals surface area contributed by atoms with Crippen LogP contribution >= 0.6 is 11.8 Å². The van der Waals surface area contributed by atoms with Gasteiger partial charge in [0.05, 0.1) is 0 Å². The summed E-state index contributed by atoms with van der Waals surface area (Å²) in [7, 11) is 0. The normalized spacial score (nSPS) is 35.4. The van der Waals surface area contributed by atoms with Crippen molar-refractivity contribution in [3.63, 3.8) is 0 Å². The van der Waals surface area contributed by atoms with Crippen molar-refractivity contribution >= 4 is 23.6 Å². The zero-order chi connectivity index (χ0) is 15.1. The topological polar surface area (TPSA) is 49.4 Å². The Labute approximate surface area is 126 Å². The maximum atomic E-state index is 12.9. The molecule has 2 amide bonds. The van der Waals surface area contributed by atoms with Crippen LogP contribution in [0.25, 0.3) is 0 Å². The van der Waals surface area contributed by atoms with Gasteiger partial charge in [-0.15, -0.1) is 0 Å².